The topological polar surface area (TPSA) is 93.1 Å². The van der Waals surface area contributed by atoms with E-state index in [1.54, 1.807) is 36.4 Å². The molecule has 0 heterocycles. The van der Waals surface area contributed by atoms with Crippen LogP contribution in [0.1, 0.15) is 25.7 Å². The van der Waals surface area contributed by atoms with Gasteiger partial charge in [0.15, 0.2) is 0 Å². The summed E-state index contributed by atoms with van der Waals surface area (Å²) in [5.74, 6) is -0.336. The SMILES string of the molecule is COC(=O)CCC=C=CC[C@@H]1C(=O)C[C@H](O)[C@H]1/C=C/C(O)COc1ccccc1. The van der Waals surface area contributed by atoms with Gasteiger partial charge < -0.3 is 19.7 Å². The molecule has 1 aromatic carbocycles. The number of aliphatic hydroxyl groups excluding tert-OH is 2. The van der Waals surface area contributed by atoms with E-state index in [9.17, 15) is 19.8 Å². The van der Waals surface area contributed by atoms with Gasteiger partial charge in [-0.25, -0.2) is 0 Å². The lowest BCUT2D eigenvalue weighted by molar-refractivity contribution is -0.140. The molecule has 0 amide bonds. The van der Waals surface area contributed by atoms with Gasteiger partial charge in [-0.3, -0.25) is 9.59 Å². The normalized spacial score (nSPS) is 22.2. The second-order valence-electron chi connectivity index (χ2n) is 6.92. The number of hydrogen-bond acceptors (Lipinski definition) is 6. The van der Waals surface area contributed by atoms with Crippen LogP contribution in [0.4, 0.5) is 0 Å². The maximum Gasteiger partial charge on any atom is 0.305 e. The summed E-state index contributed by atoms with van der Waals surface area (Å²) in [5, 5.41) is 20.3. The van der Waals surface area contributed by atoms with Crippen LogP contribution < -0.4 is 4.74 Å². The number of esters is 1. The van der Waals surface area contributed by atoms with Crippen LogP contribution in [0.25, 0.3) is 0 Å². The van der Waals surface area contributed by atoms with Gasteiger partial charge in [0.2, 0.25) is 0 Å². The fraction of sp³-hybridized carbons (Fsp3) is 0.435. The zero-order valence-corrected chi connectivity index (χ0v) is 16.6. The number of hydrogen-bond donors (Lipinski definition) is 2. The van der Waals surface area contributed by atoms with Crippen LogP contribution in [0, 0.1) is 11.8 Å². The maximum absolute atomic E-state index is 12.2. The zero-order valence-electron chi connectivity index (χ0n) is 16.6. The van der Waals surface area contributed by atoms with E-state index < -0.39 is 12.2 Å². The zero-order chi connectivity index (χ0) is 21.1. The lowest BCUT2D eigenvalue weighted by Crippen LogP contribution is -2.20. The number of ketones is 1. The smallest absolute Gasteiger partial charge is 0.305 e. The molecule has 1 saturated carbocycles. The van der Waals surface area contributed by atoms with E-state index in [0.29, 0.717) is 18.6 Å². The van der Waals surface area contributed by atoms with Crippen molar-refractivity contribution < 1.29 is 29.3 Å². The third-order valence-corrected chi connectivity index (χ3v) is 4.78. The molecule has 0 aliphatic heterocycles. The first-order valence-electron chi connectivity index (χ1n) is 9.72. The number of para-hydroxylation sites is 1. The van der Waals surface area contributed by atoms with Gasteiger partial charge in [0.05, 0.1) is 13.2 Å². The van der Waals surface area contributed by atoms with Gasteiger partial charge >= 0.3 is 5.97 Å². The number of aliphatic hydroxyl groups is 2. The fourth-order valence-corrected chi connectivity index (χ4v) is 3.19. The number of carbonyl (C=O) groups is 2. The van der Waals surface area contributed by atoms with Crippen molar-refractivity contribution in [2.45, 2.75) is 37.9 Å². The first kappa shape index (κ1) is 22.6. The van der Waals surface area contributed by atoms with E-state index in [-0.39, 0.29) is 43.0 Å². The first-order valence-corrected chi connectivity index (χ1v) is 9.72. The van der Waals surface area contributed by atoms with E-state index in [1.165, 1.54) is 7.11 Å². The number of ether oxygens (including phenoxy) is 2. The maximum atomic E-state index is 12.2. The van der Waals surface area contributed by atoms with E-state index in [2.05, 4.69) is 10.5 Å². The molecule has 0 aromatic heterocycles. The van der Waals surface area contributed by atoms with Crippen molar-refractivity contribution in [3.63, 3.8) is 0 Å². The Kier molecular flexibility index (Phi) is 9.38. The number of carbonyl (C=O) groups excluding carboxylic acids is 2. The Bertz CT molecular complexity index is 748. The van der Waals surface area contributed by atoms with Crippen LogP contribution >= 0.6 is 0 Å². The molecule has 0 bridgehead atoms. The molecule has 29 heavy (non-hydrogen) atoms. The molecule has 6 heteroatoms. The van der Waals surface area contributed by atoms with Crippen LogP contribution in [0.5, 0.6) is 5.75 Å². The van der Waals surface area contributed by atoms with Crippen LogP contribution in [-0.4, -0.2) is 47.9 Å². The molecule has 4 atom stereocenters. The minimum Gasteiger partial charge on any atom is -0.491 e. The van der Waals surface area contributed by atoms with Gasteiger partial charge in [0.25, 0.3) is 0 Å². The molecular formula is C23H28O6. The second kappa shape index (κ2) is 12.0. The molecule has 156 valence electrons. The summed E-state index contributed by atoms with van der Waals surface area (Å²) in [6.45, 7) is 0.0881. The summed E-state index contributed by atoms with van der Waals surface area (Å²) in [6.07, 6.45) is 6.48. The average Bonchev–Trinajstić information content (AvgIpc) is 3.00. The van der Waals surface area contributed by atoms with Gasteiger partial charge in [0.1, 0.15) is 24.2 Å². The van der Waals surface area contributed by atoms with E-state index in [1.807, 2.05) is 18.2 Å². The number of Topliss-reactive ketones (excluding diaryl/α,β-unsaturated/α-hetero) is 1. The highest BCUT2D eigenvalue weighted by Crippen LogP contribution is 2.33. The molecule has 0 saturated heterocycles. The van der Waals surface area contributed by atoms with Gasteiger partial charge in [0, 0.05) is 24.7 Å². The number of methoxy groups -OCH3 is 1. The van der Waals surface area contributed by atoms with Crippen molar-refractivity contribution in [1.82, 2.24) is 0 Å². The highest BCUT2D eigenvalue weighted by molar-refractivity contribution is 5.84. The van der Waals surface area contributed by atoms with Gasteiger partial charge in [-0.05, 0) is 37.1 Å². The van der Waals surface area contributed by atoms with Crippen molar-refractivity contribution in [3.8, 4) is 5.75 Å². The molecule has 1 aliphatic carbocycles. The van der Waals surface area contributed by atoms with Crippen molar-refractivity contribution in [2.24, 2.45) is 11.8 Å². The van der Waals surface area contributed by atoms with Crippen LogP contribution in [0.3, 0.4) is 0 Å². The van der Waals surface area contributed by atoms with Crippen LogP contribution in [-0.2, 0) is 14.3 Å². The van der Waals surface area contributed by atoms with Crippen LogP contribution in [0.2, 0.25) is 0 Å². The fourth-order valence-electron chi connectivity index (χ4n) is 3.19. The summed E-state index contributed by atoms with van der Waals surface area (Å²) in [7, 11) is 1.34. The summed E-state index contributed by atoms with van der Waals surface area (Å²) in [5.41, 5.74) is 2.97. The van der Waals surface area contributed by atoms with Crippen molar-refractivity contribution in [1.29, 1.82) is 0 Å². The largest absolute Gasteiger partial charge is 0.491 e. The van der Waals surface area contributed by atoms with E-state index >= 15 is 0 Å². The van der Waals surface area contributed by atoms with Crippen molar-refractivity contribution >= 4 is 11.8 Å². The molecule has 0 radical (unpaired) electrons. The van der Waals surface area contributed by atoms with Gasteiger partial charge in [-0.1, -0.05) is 30.4 Å². The Hall–Kier alpha value is -2.66. The number of benzene rings is 1. The molecule has 2 rings (SSSR count). The molecule has 2 N–H and O–H groups in total. The Morgan fingerprint density at radius 3 is 2.79 bits per heavy atom. The van der Waals surface area contributed by atoms with E-state index in [0.717, 1.165) is 0 Å². The average molecular weight is 400 g/mol. The van der Waals surface area contributed by atoms with Crippen LogP contribution in [0.15, 0.2) is 60.4 Å². The van der Waals surface area contributed by atoms with Crippen molar-refractivity contribution in [3.05, 3.63) is 60.4 Å². The predicted molar refractivity (Wildman–Crippen MR) is 108 cm³/mol. The minimum atomic E-state index is -0.840. The van der Waals surface area contributed by atoms with E-state index in [4.69, 9.17) is 4.74 Å². The molecule has 6 nitrogen and oxygen atoms in total. The molecule has 1 aliphatic rings. The number of allylic oxidation sites excluding steroid dienone is 1. The van der Waals surface area contributed by atoms with Crippen molar-refractivity contribution in [2.75, 3.05) is 13.7 Å². The molecule has 1 aromatic rings. The lowest BCUT2D eigenvalue weighted by atomic mass is 9.90. The summed E-state index contributed by atoms with van der Waals surface area (Å²) in [6, 6.07) is 9.18. The summed E-state index contributed by atoms with van der Waals surface area (Å²) in [4.78, 5) is 23.2. The predicted octanol–water partition coefficient (Wildman–Crippen LogP) is 2.60. The van der Waals surface area contributed by atoms with Gasteiger partial charge in [-0.15, -0.1) is 5.73 Å². The molecule has 1 fully saturated rings. The van der Waals surface area contributed by atoms with Gasteiger partial charge in [-0.2, -0.15) is 0 Å². The standard InChI is InChI=1S/C23H28O6/c1-28-23(27)12-8-3-2-7-11-19-20(22(26)15-21(19)25)14-13-17(24)16-29-18-9-5-4-6-10-18/h3-7,9-10,13-14,17,19-20,22,24,26H,8,11-12,15-16H2,1H3/b14-13+/t2?,17?,19-,20-,22-/m0/s1. The minimum absolute atomic E-state index is 0.00483. The highest BCUT2D eigenvalue weighted by Gasteiger charge is 2.39. The Balaban J connectivity index is 1.86. The quantitative estimate of drug-likeness (QED) is 0.356. The third-order valence-electron chi connectivity index (χ3n) is 4.78. The monoisotopic (exact) mass is 400 g/mol. The molecular weight excluding hydrogens is 372 g/mol. The Morgan fingerprint density at radius 2 is 2.07 bits per heavy atom. The lowest BCUT2D eigenvalue weighted by Gasteiger charge is -2.16. The number of rotatable bonds is 10. The summed E-state index contributed by atoms with van der Waals surface area (Å²) >= 11 is 0. The second-order valence-corrected chi connectivity index (χ2v) is 6.92. The molecule has 1 unspecified atom stereocenters. The summed E-state index contributed by atoms with van der Waals surface area (Å²) < 4.78 is 10.1. The Morgan fingerprint density at radius 1 is 1.31 bits per heavy atom. The Labute approximate surface area is 171 Å². The first-order chi connectivity index (χ1) is 14.0. The highest BCUT2D eigenvalue weighted by atomic mass is 16.5. The third kappa shape index (κ3) is 7.70. The molecule has 0 spiro atoms.